The van der Waals surface area contributed by atoms with Crippen LogP contribution in [0.25, 0.3) is 54.8 Å². The zero-order valence-corrected chi connectivity index (χ0v) is 18.4. The van der Waals surface area contributed by atoms with Crippen molar-refractivity contribution in [1.82, 2.24) is 24.9 Å². The van der Waals surface area contributed by atoms with Crippen LogP contribution >= 0.6 is 11.3 Å². The van der Waals surface area contributed by atoms with E-state index in [0.717, 1.165) is 48.6 Å². The third-order valence-corrected chi connectivity index (χ3v) is 6.49. The number of H-pyrrole nitrogens is 1. The third kappa shape index (κ3) is 3.48. The van der Waals surface area contributed by atoms with Gasteiger partial charge in [-0.15, -0.1) is 11.3 Å². The lowest BCUT2D eigenvalue weighted by Gasteiger charge is -2.11. The van der Waals surface area contributed by atoms with E-state index in [1.165, 1.54) is 0 Å². The summed E-state index contributed by atoms with van der Waals surface area (Å²) in [4.78, 5) is 34.7. The molecule has 6 rings (SSSR count). The van der Waals surface area contributed by atoms with E-state index in [0.29, 0.717) is 11.2 Å². The summed E-state index contributed by atoms with van der Waals surface area (Å²) in [7, 11) is 0. The molecule has 0 bridgehead atoms. The van der Waals surface area contributed by atoms with Crippen LogP contribution < -0.4 is 5.56 Å². The minimum atomic E-state index is -0.195. The van der Waals surface area contributed by atoms with Crippen molar-refractivity contribution in [2.24, 2.45) is 0 Å². The highest BCUT2D eigenvalue weighted by atomic mass is 32.1. The first kappa shape index (κ1) is 19.5. The zero-order valence-electron chi connectivity index (χ0n) is 17.6. The molecule has 0 aliphatic rings. The first-order chi connectivity index (χ1) is 16.2. The van der Waals surface area contributed by atoms with Crippen LogP contribution in [-0.4, -0.2) is 24.9 Å². The van der Waals surface area contributed by atoms with Crippen molar-refractivity contribution in [1.29, 1.82) is 0 Å². The first-order valence-electron chi connectivity index (χ1n) is 10.4. The van der Waals surface area contributed by atoms with E-state index >= 15 is 0 Å². The van der Waals surface area contributed by atoms with Crippen molar-refractivity contribution in [3.05, 3.63) is 94.7 Å². The molecule has 0 aliphatic carbocycles. The number of aromatic amines is 1. The molecule has 0 unspecified atom stereocenters. The fourth-order valence-electron chi connectivity index (χ4n) is 3.99. The monoisotopic (exact) mass is 447 g/mol. The summed E-state index contributed by atoms with van der Waals surface area (Å²) in [6.07, 6.45) is 7.01. The smallest absolute Gasteiger partial charge is 0.257 e. The predicted molar refractivity (Wildman–Crippen MR) is 132 cm³/mol. The molecule has 5 aromatic heterocycles. The number of hydrogen-bond donors (Lipinski definition) is 1. The quantitative estimate of drug-likeness (QED) is 0.380. The van der Waals surface area contributed by atoms with E-state index in [2.05, 4.69) is 44.2 Å². The Hall–Kier alpha value is -4.23. The van der Waals surface area contributed by atoms with Crippen molar-refractivity contribution in [2.45, 2.75) is 6.92 Å². The summed E-state index contributed by atoms with van der Waals surface area (Å²) >= 11 is 1.58. The summed E-state index contributed by atoms with van der Waals surface area (Å²) in [5.41, 5.74) is 5.41. The first-order valence-corrected chi connectivity index (χ1v) is 11.2. The number of fused-ring (bicyclic) bond motifs is 2. The molecule has 158 valence electrons. The van der Waals surface area contributed by atoms with Gasteiger partial charge >= 0.3 is 0 Å². The maximum atomic E-state index is 12.8. The topological polar surface area (TPSA) is 84.4 Å². The Bertz CT molecular complexity index is 1710. The van der Waals surface area contributed by atoms with Crippen molar-refractivity contribution >= 4 is 33.3 Å². The van der Waals surface area contributed by atoms with Crippen molar-refractivity contribution < 1.29 is 0 Å². The van der Waals surface area contributed by atoms with Gasteiger partial charge in [-0.05, 0) is 48.9 Å². The summed E-state index contributed by atoms with van der Waals surface area (Å²) in [5, 5.41) is 2.86. The molecular weight excluding hydrogens is 430 g/mol. The summed E-state index contributed by atoms with van der Waals surface area (Å²) in [5.74, 6) is 0. The third-order valence-electron chi connectivity index (χ3n) is 5.57. The van der Waals surface area contributed by atoms with Gasteiger partial charge in [0.1, 0.15) is 5.65 Å². The maximum Gasteiger partial charge on any atom is 0.257 e. The van der Waals surface area contributed by atoms with E-state index in [9.17, 15) is 4.79 Å². The molecule has 0 spiro atoms. The molecule has 33 heavy (non-hydrogen) atoms. The van der Waals surface area contributed by atoms with Crippen LogP contribution in [0.15, 0.2) is 84.2 Å². The number of thiazole rings is 1. The number of nitrogens with zero attached hydrogens (tertiary/aromatic N) is 4. The van der Waals surface area contributed by atoms with Gasteiger partial charge in [-0.2, -0.15) is 0 Å². The van der Waals surface area contributed by atoms with E-state index in [1.54, 1.807) is 29.9 Å². The predicted octanol–water partition coefficient (Wildman–Crippen LogP) is 5.63. The molecule has 0 saturated heterocycles. The summed E-state index contributed by atoms with van der Waals surface area (Å²) < 4.78 is 0. The lowest BCUT2D eigenvalue weighted by atomic mass is 9.99. The second-order valence-electron chi connectivity index (χ2n) is 7.73. The van der Waals surface area contributed by atoms with Crippen LogP contribution in [0.3, 0.4) is 0 Å². The van der Waals surface area contributed by atoms with Crippen molar-refractivity contribution in [3.63, 3.8) is 0 Å². The van der Waals surface area contributed by atoms with E-state index in [1.807, 2.05) is 43.5 Å². The average molecular weight is 448 g/mol. The number of aromatic nitrogens is 5. The fraction of sp³-hybridized carbons (Fsp3) is 0.0385. The van der Waals surface area contributed by atoms with Crippen LogP contribution in [0, 0.1) is 6.92 Å². The standard InChI is InChI=1S/C26H17N5OS/c1-15-29-14-23(33-15)24-20(16-6-7-22-17(10-16)4-3-9-28-22)11-19-12-21(18-5-2-8-27-13-18)26(32)31-25(19)30-24/h2-14H,1H3,(H,30,31,32). The Morgan fingerprint density at radius 3 is 2.55 bits per heavy atom. The van der Waals surface area contributed by atoms with Crippen LogP contribution in [0.4, 0.5) is 0 Å². The molecule has 0 saturated carbocycles. The Kier molecular flexibility index (Phi) is 4.55. The van der Waals surface area contributed by atoms with Gasteiger partial charge in [0.25, 0.3) is 5.56 Å². The molecule has 5 heterocycles. The molecular formula is C26H17N5OS. The Labute approximate surface area is 192 Å². The minimum absolute atomic E-state index is 0.195. The van der Waals surface area contributed by atoms with Gasteiger partial charge in [-0.25, -0.2) is 9.97 Å². The Balaban J connectivity index is 1.63. The minimum Gasteiger partial charge on any atom is -0.306 e. The highest BCUT2D eigenvalue weighted by Crippen LogP contribution is 2.36. The summed E-state index contributed by atoms with van der Waals surface area (Å²) in [6.45, 7) is 1.97. The molecule has 0 radical (unpaired) electrons. The van der Waals surface area contributed by atoms with Gasteiger partial charge in [0, 0.05) is 52.3 Å². The van der Waals surface area contributed by atoms with Crippen LogP contribution in [-0.2, 0) is 0 Å². The average Bonchev–Trinajstić information content (AvgIpc) is 3.29. The van der Waals surface area contributed by atoms with Crippen molar-refractivity contribution in [2.75, 3.05) is 0 Å². The largest absolute Gasteiger partial charge is 0.306 e. The molecule has 0 amide bonds. The van der Waals surface area contributed by atoms with Crippen LogP contribution in [0.5, 0.6) is 0 Å². The van der Waals surface area contributed by atoms with E-state index in [4.69, 9.17) is 4.98 Å². The summed E-state index contributed by atoms with van der Waals surface area (Å²) in [6, 6.07) is 17.8. The highest BCUT2D eigenvalue weighted by Gasteiger charge is 2.16. The highest BCUT2D eigenvalue weighted by molar-refractivity contribution is 7.15. The lowest BCUT2D eigenvalue weighted by Crippen LogP contribution is -2.10. The van der Waals surface area contributed by atoms with E-state index < -0.39 is 0 Å². The number of nitrogens with one attached hydrogen (secondary N) is 1. The van der Waals surface area contributed by atoms with Crippen LogP contribution in [0.2, 0.25) is 0 Å². The van der Waals surface area contributed by atoms with Gasteiger partial charge in [0.05, 0.1) is 21.1 Å². The van der Waals surface area contributed by atoms with E-state index in [-0.39, 0.29) is 5.56 Å². The molecule has 0 aliphatic heterocycles. The molecule has 0 fully saturated rings. The van der Waals surface area contributed by atoms with Crippen LogP contribution in [0.1, 0.15) is 5.01 Å². The molecule has 6 nitrogen and oxygen atoms in total. The Morgan fingerprint density at radius 1 is 0.848 bits per heavy atom. The lowest BCUT2D eigenvalue weighted by molar-refractivity contribution is 1.23. The molecule has 6 aromatic rings. The number of rotatable bonds is 3. The number of pyridine rings is 4. The second-order valence-corrected chi connectivity index (χ2v) is 8.97. The van der Waals surface area contributed by atoms with Gasteiger partial charge in [-0.1, -0.05) is 18.2 Å². The number of aryl methyl sites for hydroxylation is 1. The zero-order chi connectivity index (χ0) is 22.4. The molecule has 1 N–H and O–H groups in total. The molecule has 1 aromatic carbocycles. The number of hydrogen-bond acceptors (Lipinski definition) is 6. The number of benzene rings is 1. The molecule has 0 atom stereocenters. The van der Waals surface area contributed by atoms with Gasteiger partial charge in [0.15, 0.2) is 0 Å². The SMILES string of the molecule is Cc1ncc(-c2nc3[nH]c(=O)c(-c4cccnc4)cc3cc2-c2ccc3ncccc3c2)s1. The Morgan fingerprint density at radius 2 is 1.73 bits per heavy atom. The molecule has 7 heteroatoms. The van der Waals surface area contributed by atoms with Gasteiger partial charge in [-0.3, -0.25) is 14.8 Å². The maximum absolute atomic E-state index is 12.8. The second kappa shape index (κ2) is 7.72. The van der Waals surface area contributed by atoms with Crippen molar-refractivity contribution in [3.8, 4) is 32.8 Å². The van der Waals surface area contributed by atoms with Gasteiger partial charge in [0.2, 0.25) is 0 Å². The fourth-order valence-corrected chi connectivity index (χ4v) is 4.77. The normalized spacial score (nSPS) is 11.3. The van der Waals surface area contributed by atoms with Gasteiger partial charge < -0.3 is 4.98 Å².